The van der Waals surface area contributed by atoms with Crippen molar-refractivity contribution in [2.45, 2.75) is 41.0 Å². The molecule has 1 N–H and O–H groups in total. The van der Waals surface area contributed by atoms with E-state index in [1.54, 1.807) is 12.3 Å². The van der Waals surface area contributed by atoms with Crippen LogP contribution in [0.5, 0.6) is 0 Å². The van der Waals surface area contributed by atoms with Crippen LogP contribution in [-0.4, -0.2) is 12.1 Å². The Hall–Kier alpha value is -2.16. The maximum atomic E-state index is 12.2. The number of benzene rings is 1. The largest absolute Gasteiger partial charge is 0.271 e. The molecule has 0 bridgehead atoms. The molecule has 1 aromatic carbocycles. The number of carbonyl (C=O) groups is 1. The Bertz CT molecular complexity index is 614. The van der Waals surface area contributed by atoms with Gasteiger partial charge in [0.25, 0.3) is 5.91 Å². The Morgan fingerprint density at radius 2 is 2.00 bits per heavy atom. The third-order valence-electron chi connectivity index (χ3n) is 4.39. The van der Waals surface area contributed by atoms with Crippen LogP contribution < -0.4 is 5.43 Å². The second kappa shape index (κ2) is 9.86. The van der Waals surface area contributed by atoms with Gasteiger partial charge in [-0.05, 0) is 48.8 Å². The number of allylic oxidation sites excluding steroid dienone is 2. The van der Waals surface area contributed by atoms with Crippen molar-refractivity contribution in [3.05, 3.63) is 53.6 Å². The smallest absolute Gasteiger partial charge is 0.267 e. The van der Waals surface area contributed by atoms with Crippen LogP contribution in [0.3, 0.4) is 0 Å². The Morgan fingerprint density at radius 3 is 2.62 bits per heavy atom. The van der Waals surface area contributed by atoms with Crippen molar-refractivity contribution in [3.63, 3.8) is 0 Å². The Morgan fingerprint density at radius 1 is 1.29 bits per heavy atom. The van der Waals surface area contributed by atoms with Gasteiger partial charge in [-0.15, -0.1) is 0 Å². The topological polar surface area (TPSA) is 41.5 Å². The highest BCUT2D eigenvalue weighted by atomic mass is 16.2. The molecule has 0 spiro atoms. The van der Waals surface area contributed by atoms with Crippen molar-refractivity contribution >= 4 is 18.2 Å². The first kappa shape index (κ1) is 19.9. The number of rotatable bonds is 8. The van der Waals surface area contributed by atoms with Crippen LogP contribution in [0.25, 0.3) is 6.08 Å². The zero-order chi connectivity index (χ0) is 18.1. The van der Waals surface area contributed by atoms with Gasteiger partial charge in [0.1, 0.15) is 0 Å². The quantitative estimate of drug-likeness (QED) is 0.392. The molecule has 0 saturated carbocycles. The van der Waals surface area contributed by atoms with Gasteiger partial charge in [-0.3, -0.25) is 4.79 Å². The summed E-state index contributed by atoms with van der Waals surface area (Å²) < 4.78 is 0. The number of hydrazone groups is 1. The van der Waals surface area contributed by atoms with Crippen LogP contribution in [0.4, 0.5) is 0 Å². The van der Waals surface area contributed by atoms with Crippen LogP contribution in [0, 0.1) is 17.8 Å². The summed E-state index contributed by atoms with van der Waals surface area (Å²) in [7, 11) is 0. The van der Waals surface area contributed by atoms with Crippen molar-refractivity contribution in [2.24, 2.45) is 22.9 Å². The number of nitrogens with one attached hydrogen (secondary N) is 1. The summed E-state index contributed by atoms with van der Waals surface area (Å²) in [6.45, 7) is 14.7. The molecule has 3 heteroatoms. The number of hydrogen-bond acceptors (Lipinski definition) is 2. The molecule has 3 nitrogen and oxygen atoms in total. The Balaban J connectivity index is 2.58. The van der Waals surface area contributed by atoms with E-state index in [0.29, 0.717) is 23.3 Å². The number of amides is 1. The lowest BCUT2D eigenvalue weighted by molar-refractivity contribution is 0.0955. The molecule has 0 aliphatic rings. The molecule has 0 aromatic heterocycles. The van der Waals surface area contributed by atoms with Gasteiger partial charge in [0.05, 0.1) is 0 Å². The SMILES string of the molecule is C=C(C)/C=C/c1cccc(C(=O)N/N=C/C[C@H](C)C(C)C(C)C)c1. The van der Waals surface area contributed by atoms with Crippen LogP contribution in [0.15, 0.2) is 47.6 Å². The zero-order valence-electron chi connectivity index (χ0n) is 15.5. The van der Waals surface area contributed by atoms with Gasteiger partial charge >= 0.3 is 0 Å². The van der Waals surface area contributed by atoms with Crippen molar-refractivity contribution in [2.75, 3.05) is 0 Å². The molecule has 0 radical (unpaired) electrons. The van der Waals surface area contributed by atoms with Gasteiger partial charge < -0.3 is 0 Å². The monoisotopic (exact) mass is 326 g/mol. The summed E-state index contributed by atoms with van der Waals surface area (Å²) >= 11 is 0. The fraction of sp³-hybridized carbons (Fsp3) is 0.429. The molecule has 0 aliphatic carbocycles. The third-order valence-corrected chi connectivity index (χ3v) is 4.39. The second-order valence-electron chi connectivity index (χ2n) is 6.87. The van der Waals surface area contributed by atoms with E-state index in [-0.39, 0.29) is 5.91 Å². The molecule has 24 heavy (non-hydrogen) atoms. The number of hydrogen-bond donors (Lipinski definition) is 1. The summed E-state index contributed by atoms with van der Waals surface area (Å²) in [5.74, 6) is 1.63. The van der Waals surface area contributed by atoms with Crippen molar-refractivity contribution in [3.8, 4) is 0 Å². The van der Waals surface area contributed by atoms with Gasteiger partial charge in [-0.1, -0.05) is 64.1 Å². The minimum atomic E-state index is -0.193. The standard InChI is InChI=1S/C21H30N2O/c1-15(2)10-11-19-8-7-9-20(14-19)21(24)23-22-13-12-17(5)18(6)16(3)4/h7-11,13-14,16-18H,1,12H2,2-6H3,(H,23,24)/b11-10+,22-13+/t17-,18?/m0/s1. The van der Waals surface area contributed by atoms with Crippen molar-refractivity contribution < 1.29 is 4.79 Å². The predicted octanol–water partition coefficient (Wildman–Crippen LogP) is 5.31. The van der Waals surface area contributed by atoms with Gasteiger partial charge in [0.2, 0.25) is 0 Å². The van der Waals surface area contributed by atoms with Crippen LogP contribution in [-0.2, 0) is 0 Å². The first-order chi connectivity index (χ1) is 11.3. The van der Waals surface area contributed by atoms with Crippen LogP contribution in [0.1, 0.15) is 57.0 Å². The van der Waals surface area contributed by atoms with Crippen LogP contribution in [0.2, 0.25) is 0 Å². The normalized spacial score (nSPS) is 14.2. The average Bonchev–Trinajstić information content (AvgIpc) is 2.55. The molecule has 0 saturated heterocycles. The Kier molecular flexibility index (Phi) is 8.17. The van der Waals surface area contributed by atoms with Crippen molar-refractivity contribution in [1.29, 1.82) is 0 Å². The fourth-order valence-corrected chi connectivity index (χ4v) is 2.28. The van der Waals surface area contributed by atoms with Crippen molar-refractivity contribution in [1.82, 2.24) is 5.43 Å². The predicted molar refractivity (Wildman–Crippen MR) is 104 cm³/mol. The average molecular weight is 326 g/mol. The van der Waals surface area contributed by atoms with Gasteiger partial charge in [-0.2, -0.15) is 5.10 Å². The highest BCUT2D eigenvalue weighted by Crippen LogP contribution is 2.21. The molecule has 0 heterocycles. The summed E-state index contributed by atoms with van der Waals surface area (Å²) in [4.78, 5) is 12.2. The molecule has 1 unspecified atom stereocenters. The summed E-state index contributed by atoms with van der Waals surface area (Å²) in [5, 5.41) is 4.08. The minimum Gasteiger partial charge on any atom is -0.267 e. The van der Waals surface area contributed by atoms with E-state index in [4.69, 9.17) is 0 Å². The fourth-order valence-electron chi connectivity index (χ4n) is 2.28. The van der Waals surface area contributed by atoms with E-state index in [1.165, 1.54) is 0 Å². The van der Waals surface area contributed by atoms with Gasteiger partial charge in [-0.25, -0.2) is 5.43 Å². The molecular formula is C21H30N2O. The lowest BCUT2D eigenvalue weighted by Crippen LogP contribution is -2.19. The van der Waals surface area contributed by atoms with E-state index in [9.17, 15) is 4.79 Å². The maximum absolute atomic E-state index is 12.2. The number of carbonyl (C=O) groups excluding carboxylic acids is 1. The highest BCUT2D eigenvalue weighted by Gasteiger charge is 2.14. The first-order valence-corrected chi connectivity index (χ1v) is 8.56. The molecular weight excluding hydrogens is 296 g/mol. The number of nitrogens with zero attached hydrogens (tertiary/aromatic N) is 1. The molecule has 0 aliphatic heterocycles. The highest BCUT2D eigenvalue weighted by molar-refractivity contribution is 5.94. The minimum absolute atomic E-state index is 0.193. The summed E-state index contributed by atoms with van der Waals surface area (Å²) in [5.41, 5.74) is 5.14. The Labute approximate surface area is 146 Å². The molecule has 1 amide bonds. The summed E-state index contributed by atoms with van der Waals surface area (Å²) in [6.07, 6.45) is 6.52. The van der Waals surface area contributed by atoms with Gasteiger partial charge in [0, 0.05) is 11.8 Å². The molecule has 1 rings (SSSR count). The van der Waals surface area contributed by atoms with Gasteiger partial charge in [0.15, 0.2) is 0 Å². The van der Waals surface area contributed by atoms with E-state index >= 15 is 0 Å². The lowest BCUT2D eigenvalue weighted by Gasteiger charge is -2.21. The second-order valence-corrected chi connectivity index (χ2v) is 6.87. The van der Waals surface area contributed by atoms with E-state index < -0.39 is 0 Å². The molecule has 2 atom stereocenters. The molecule has 0 fully saturated rings. The summed E-state index contributed by atoms with van der Waals surface area (Å²) in [6, 6.07) is 7.44. The third kappa shape index (κ3) is 6.95. The van der Waals surface area contributed by atoms with E-state index in [2.05, 4.69) is 44.8 Å². The van der Waals surface area contributed by atoms with E-state index in [0.717, 1.165) is 17.6 Å². The maximum Gasteiger partial charge on any atom is 0.271 e. The molecule has 1 aromatic rings. The molecule has 130 valence electrons. The zero-order valence-corrected chi connectivity index (χ0v) is 15.5. The lowest BCUT2D eigenvalue weighted by atomic mass is 9.85. The van der Waals surface area contributed by atoms with E-state index in [1.807, 2.05) is 37.3 Å². The first-order valence-electron chi connectivity index (χ1n) is 8.56. The van der Waals surface area contributed by atoms with Crippen LogP contribution >= 0.6 is 0 Å².